The Bertz CT molecular complexity index is 137. The molecule has 4 nitrogen and oxygen atoms in total. The first-order valence-corrected chi connectivity index (χ1v) is 2.99. The van der Waals surface area contributed by atoms with Gasteiger partial charge in [0.25, 0.3) is 0 Å². The van der Waals surface area contributed by atoms with Crippen LogP contribution in [0.15, 0.2) is 12.4 Å². The fraction of sp³-hybridized carbons (Fsp3) is 0.500. The van der Waals surface area contributed by atoms with E-state index in [0.717, 1.165) is 5.82 Å². The molecule has 0 atom stereocenters. The van der Waals surface area contributed by atoms with Gasteiger partial charge in [-0.05, 0) is 6.92 Å². The van der Waals surface area contributed by atoms with Gasteiger partial charge in [0.15, 0.2) is 0 Å². The highest BCUT2D eigenvalue weighted by molar-refractivity contribution is 4.80. The molecule has 0 aliphatic carbocycles. The molecule has 0 spiro atoms. The summed E-state index contributed by atoms with van der Waals surface area (Å²) in [6.45, 7) is 1.67. The van der Waals surface area contributed by atoms with Crippen molar-refractivity contribution in [1.82, 2.24) is 9.97 Å². The van der Waals surface area contributed by atoms with Crippen LogP contribution in [0.25, 0.3) is 0 Å². The normalized spacial score (nSPS) is 8.30. The van der Waals surface area contributed by atoms with Crippen LogP contribution in [0.2, 0.25) is 0 Å². The van der Waals surface area contributed by atoms with Crippen LogP contribution in [-0.2, 0) is 0 Å². The first kappa shape index (κ1) is 9.13. The maximum atomic E-state index is 7.62. The van der Waals surface area contributed by atoms with E-state index in [4.69, 9.17) is 10.2 Å². The van der Waals surface area contributed by atoms with Crippen LogP contribution < -0.4 is 0 Å². The topological polar surface area (TPSA) is 69.1 Å². The lowest BCUT2D eigenvalue weighted by Gasteiger charge is -1.70. The largest absolute Gasteiger partial charge is 0.394 e. The summed E-state index contributed by atoms with van der Waals surface area (Å²) in [7, 11) is 0. The first-order valence-electron chi connectivity index (χ1n) is 2.99. The Morgan fingerprint density at radius 3 is 2.20 bits per heavy atom. The molecule has 1 aromatic rings. The Morgan fingerprint density at radius 1 is 1.50 bits per heavy atom. The van der Waals surface area contributed by atoms with Crippen molar-refractivity contribution in [3.8, 4) is 0 Å². The molecule has 0 fully saturated rings. The lowest BCUT2D eigenvalue weighted by molar-refractivity contribution is 0.186. The number of nitrogens with zero attached hydrogens (tertiary/aromatic N) is 1. The highest BCUT2D eigenvalue weighted by Gasteiger charge is 1.73. The Morgan fingerprint density at radius 2 is 2.10 bits per heavy atom. The molecule has 10 heavy (non-hydrogen) atoms. The highest BCUT2D eigenvalue weighted by Crippen LogP contribution is 1.78. The zero-order chi connectivity index (χ0) is 7.82. The number of aromatic nitrogens is 2. The van der Waals surface area contributed by atoms with E-state index in [9.17, 15) is 0 Å². The molecule has 0 saturated carbocycles. The number of rotatable bonds is 1. The number of aromatic amines is 1. The van der Waals surface area contributed by atoms with Crippen molar-refractivity contribution < 1.29 is 10.2 Å². The molecule has 0 aliphatic rings. The van der Waals surface area contributed by atoms with Gasteiger partial charge >= 0.3 is 0 Å². The Labute approximate surface area is 59.5 Å². The van der Waals surface area contributed by atoms with Gasteiger partial charge in [-0.15, -0.1) is 0 Å². The van der Waals surface area contributed by atoms with Crippen molar-refractivity contribution in [2.24, 2.45) is 0 Å². The fourth-order valence-electron chi connectivity index (χ4n) is 0.344. The van der Waals surface area contributed by atoms with E-state index in [-0.39, 0.29) is 13.2 Å². The summed E-state index contributed by atoms with van der Waals surface area (Å²) in [5.74, 6) is 0.968. The van der Waals surface area contributed by atoms with Gasteiger partial charge in [-0.25, -0.2) is 4.98 Å². The smallest absolute Gasteiger partial charge is 0.102 e. The van der Waals surface area contributed by atoms with E-state index in [1.54, 1.807) is 12.4 Å². The average molecular weight is 144 g/mol. The van der Waals surface area contributed by atoms with E-state index < -0.39 is 0 Å². The van der Waals surface area contributed by atoms with Crippen molar-refractivity contribution >= 4 is 0 Å². The van der Waals surface area contributed by atoms with Gasteiger partial charge in [-0.1, -0.05) is 0 Å². The molecule has 3 N–H and O–H groups in total. The molecule has 4 heteroatoms. The summed E-state index contributed by atoms with van der Waals surface area (Å²) in [4.78, 5) is 6.75. The molecule has 0 aliphatic heterocycles. The van der Waals surface area contributed by atoms with Gasteiger partial charge in [-0.2, -0.15) is 0 Å². The lowest BCUT2D eigenvalue weighted by Crippen LogP contribution is -1.85. The first-order chi connectivity index (χ1) is 4.81. The summed E-state index contributed by atoms with van der Waals surface area (Å²) in [5.41, 5.74) is 0. The maximum absolute atomic E-state index is 7.62. The van der Waals surface area contributed by atoms with Crippen LogP contribution in [0.5, 0.6) is 0 Å². The average Bonchev–Trinajstić information content (AvgIpc) is 2.40. The molecule has 0 unspecified atom stereocenters. The minimum Gasteiger partial charge on any atom is -0.394 e. The molecule has 1 heterocycles. The van der Waals surface area contributed by atoms with Gasteiger partial charge in [0.05, 0.1) is 13.2 Å². The summed E-state index contributed by atoms with van der Waals surface area (Å²) in [5, 5.41) is 15.2. The van der Waals surface area contributed by atoms with Crippen molar-refractivity contribution in [2.75, 3.05) is 13.2 Å². The Hall–Kier alpha value is -0.870. The molecule has 0 amide bonds. The van der Waals surface area contributed by atoms with Crippen molar-refractivity contribution in [2.45, 2.75) is 6.92 Å². The van der Waals surface area contributed by atoms with E-state index in [2.05, 4.69) is 9.97 Å². The second kappa shape index (κ2) is 6.25. The molecule has 0 aromatic carbocycles. The molecular formula is C6H12N2O2. The summed E-state index contributed by atoms with van der Waals surface area (Å²) < 4.78 is 0. The Balaban J connectivity index is 0.000000180. The number of H-pyrrole nitrogens is 1. The minimum absolute atomic E-state index is 0.125. The van der Waals surface area contributed by atoms with Crippen LogP contribution >= 0.6 is 0 Å². The number of hydrogen-bond donors (Lipinski definition) is 3. The van der Waals surface area contributed by atoms with Gasteiger partial charge in [0.2, 0.25) is 0 Å². The van der Waals surface area contributed by atoms with Crippen LogP contribution in [0.4, 0.5) is 0 Å². The highest BCUT2D eigenvalue weighted by atomic mass is 16.3. The predicted molar refractivity (Wildman–Crippen MR) is 37.5 cm³/mol. The zero-order valence-corrected chi connectivity index (χ0v) is 5.91. The lowest BCUT2D eigenvalue weighted by atomic mass is 10.8. The molecule has 58 valence electrons. The summed E-state index contributed by atoms with van der Waals surface area (Å²) >= 11 is 0. The quantitative estimate of drug-likeness (QED) is 0.506. The molecule has 1 rings (SSSR count). The van der Waals surface area contributed by atoms with Gasteiger partial charge in [0, 0.05) is 12.4 Å². The number of nitrogens with one attached hydrogen (secondary N) is 1. The number of aliphatic hydroxyl groups excluding tert-OH is 2. The number of hydrogen-bond acceptors (Lipinski definition) is 3. The van der Waals surface area contributed by atoms with Gasteiger partial charge in [-0.3, -0.25) is 0 Å². The Kier molecular flexibility index (Phi) is 5.71. The van der Waals surface area contributed by atoms with Crippen molar-refractivity contribution in [1.29, 1.82) is 0 Å². The third kappa shape index (κ3) is 5.27. The number of aliphatic hydroxyl groups is 2. The fourth-order valence-corrected chi connectivity index (χ4v) is 0.344. The van der Waals surface area contributed by atoms with E-state index in [1.807, 2.05) is 6.92 Å². The molecule has 0 radical (unpaired) electrons. The van der Waals surface area contributed by atoms with Crippen LogP contribution in [0.3, 0.4) is 0 Å². The van der Waals surface area contributed by atoms with E-state index >= 15 is 0 Å². The minimum atomic E-state index is -0.125. The van der Waals surface area contributed by atoms with Crippen molar-refractivity contribution in [3.05, 3.63) is 18.2 Å². The zero-order valence-electron chi connectivity index (χ0n) is 5.91. The molecular weight excluding hydrogens is 132 g/mol. The van der Waals surface area contributed by atoms with Crippen LogP contribution in [0, 0.1) is 6.92 Å². The number of imidazole rings is 1. The van der Waals surface area contributed by atoms with Gasteiger partial charge < -0.3 is 15.2 Å². The van der Waals surface area contributed by atoms with Gasteiger partial charge in [0.1, 0.15) is 5.82 Å². The SMILES string of the molecule is Cc1ncc[nH]1.OCCO. The second-order valence-corrected chi connectivity index (χ2v) is 1.62. The van der Waals surface area contributed by atoms with Crippen molar-refractivity contribution in [3.63, 3.8) is 0 Å². The number of aryl methyl sites for hydroxylation is 1. The van der Waals surface area contributed by atoms with E-state index in [0.29, 0.717) is 0 Å². The van der Waals surface area contributed by atoms with Crippen LogP contribution in [0.1, 0.15) is 5.82 Å². The summed E-state index contributed by atoms with van der Waals surface area (Å²) in [6, 6.07) is 0. The van der Waals surface area contributed by atoms with E-state index in [1.165, 1.54) is 0 Å². The molecule has 0 saturated heterocycles. The molecule has 1 aromatic heterocycles. The third-order valence-corrected chi connectivity index (χ3v) is 0.735. The monoisotopic (exact) mass is 144 g/mol. The predicted octanol–water partition coefficient (Wildman–Crippen LogP) is -0.311. The van der Waals surface area contributed by atoms with Crippen LogP contribution in [-0.4, -0.2) is 33.4 Å². The summed E-state index contributed by atoms with van der Waals surface area (Å²) in [6.07, 6.45) is 3.53. The standard InChI is InChI=1S/C4H6N2.C2H6O2/c1-4-5-2-3-6-4;3-1-2-4/h2-3H,1H3,(H,5,6);3-4H,1-2H2. The third-order valence-electron chi connectivity index (χ3n) is 0.735. The maximum Gasteiger partial charge on any atom is 0.102 e. The second-order valence-electron chi connectivity index (χ2n) is 1.62. The molecule has 0 bridgehead atoms.